The predicted molar refractivity (Wildman–Crippen MR) is 140 cm³/mol. The molecule has 0 bridgehead atoms. The third-order valence-electron chi connectivity index (χ3n) is 7.14. The molecular weight excluding hydrogens is 438 g/mol. The second-order valence-electron chi connectivity index (χ2n) is 9.55. The smallest absolute Gasteiger partial charge is 0.268 e. The molecule has 0 atom stereocenters. The third kappa shape index (κ3) is 4.75. The molecule has 0 saturated heterocycles. The first kappa shape index (κ1) is 23.4. The molecule has 1 aliphatic carbocycles. The maximum absolute atomic E-state index is 13.5. The van der Waals surface area contributed by atoms with Crippen molar-refractivity contribution in [3.63, 3.8) is 0 Å². The lowest BCUT2D eigenvalue weighted by molar-refractivity contribution is 0.0917. The Kier molecular flexibility index (Phi) is 6.47. The van der Waals surface area contributed by atoms with Crippen molar-refractivity contribution < 1.29 is 9.53 Å². The number of aromatic nitrogens is 1. The SMILES string of the molecule is COc1cc(Cn2c(C(=O)N[C@H]3CC[C@H](N)CC3)cc3ccc(C(N)N)cc32)c2ccccc2c1. The van der Waals surface area contributed by atoms with Crippen LogP contribution in [0.25, 0.3) is 21.7 Å². The van der Waals surface area contributed by atoms with Gasteiger partial charge in [-0.15, -0.1) is 0 Å². The van der Waals surface area contributed by atoms with Gasteiger partial charge in [0.2, 0.25) is 0 Å². The number of carbonyl (C=O) groups excluding carboxylic acids is 1. The Bertz CT molecular complexity index is 1370. The Balaban J connectivity index is 1.59. The highest BCUT2D eigenvalue weighted by atomic mass is 16.5. The molecule has 1 amide bonds. The molecule has 1 saturated carbocycles. The largest absolute Gasteiger partial charge is 0.497 e. The van der Waals surface area contributed by atoms with Crippen LogP contribution in [0, 0.1) is 0 Å². The van der Waals surface area contributed by atoms with E-state index < -0.39 is 6.17 Å². The monoisotopic (exact) mass is 471 g/mol. The van der Waals surface area contributed by atoms with Crippen molar-refractivity contribution in [3.8, 4) is 5.75 Å². The van der Waals surface area contributed by atoms with Crippen molar-refractivity contribution in [1.29, 1.82) is 0 Å². The van der Waals surface area contributed by atoms with Crippen molar-refractivity contribution in [1.82, 2.24) is 9.88 Å². The molecule has 1 aromatic heterocycles. The molecule has 7 nitrogen and oxygen atoms in total. The average Bonchev–Trinajstić information content (AvgIpc) is 3.23. The van der Waals surface area contributed by atoms with Gasteiger partial charge in [0.05, 0.1) is 13.3 Å². The molecule has 1 fully saturated rings. The van der Waals surface area contributed by atoms with Crippen LogP contribution in [0.15, 0.2) is 60.7 Å². The zero-order valence-electron chi connectivity index (χ0n) is 20.0. The van der Waals surface area contributed by atoms with Gasteiger partial charge in [0.15, 0.2) is 0 Å². The summed E-state index contributed by atoms with van der Waals surface area (Å²) in [6, 6.07) is 20.5. The quantitative estimate of drug-likeness (QED) is 0.319. The summed E-state index contributed by atoms with van der Waals surface area (Å²) in [6.07, 6.45) is 3.08. The van der Waals surface area contributed by atoms with E-state index in [0.717, 1.165) is 64.2 Å². The second-order valence-corrected chi connectivity index (χ2v) is 9.55. The zero-order chi connectivity index (χ0) is 24.5. The number of nitrogens with two attached hydrogens (primary N) is 3. The summed E-state index contributed by atoms with van der Waals surface area (Å²) >= 11 is 0. The number of carbonyl (C=O) groups is 1. The maximum Gasteiger partial charge on any atom is 0.268 e. The number of nitrogens with one attached hydrogen (secondary N) is 1. The van der Waals surface area contributed by atoms with Gasteiger partial charge < -0.3 is 31.8 Å². The average molecular weight is 472 g/mol. The first-order valence-corrected chi connectivity index (χ1v) is 12.2. The molecule has 5 rings (SSSR count). The lowest BCUT2D eigenvalue weighted by Gasteiger charge is -2.27. The second kappa shape index (κ2) is 9.70. The Hall–Kier alpha value is -3.39. The fraction of sp³-hybridized carbons (Fsp3) is 0.321. The van der Waals surface area contributed by atoms with Crippen LogP contribution in [0.2, 0.25) is 0 Å². The molecule has 35 heavy (non-hydrogen) atoms. The summed E-state index contributed by atoms with van der Waals surface area (Å²) in [5.74, 6) is 0.705. The maximum atomic E-state index is 13.5. The minimum absolute atomic E-state index is 0.0764. The van der Waals surface area contributed by atoms with Crippen LogP contribution in [-0.2, 0) is 6.54 Å². The van der Waals surface area contributed by atoms with E-state index in [9.17, 15) is 4.79 Å². The molecular formula is C28H33N5O2. The standard InChI is InChI=1S/C28H33N5O2/c1-35-23-12-17-4-2-3-5-24(17)20(13-23)16-33-25-15-19(27(30)31)7-6-18(25)14-26(33)28(34)32-22-10-8-21(29)9-11-22/h2-7,12-15,21-22,27H,8-11,16,29-31H2,1H3,(H,32,34)/t21-,22-. The minimum Gasteiger partial charge on any atom is -0.497 e. The molecule has 4 aromatic rings. The molecule has 0 radical (unpaired) electrons. The fourth-order valence-corrected chi connectivity index (χ4v) is 5.14. The Labute approximate surface area is 205 Å². The molecule has 1 aliphatic rings. The summed E-state index contributed by atoms with van der Waals surface area (Å²) in [4.78, 5) is 13.5. The minimum atomic E-state index is -0.593. The van der Waals surface area contributed by atoms with Crippen molar-refractivity contribution in [2.24, 2.45) is 17.2 Å². The van der Waals surface area contributed by atoms with Crippen LogP contribution < -0.4 is 27.3 Å². The zero-order valence-corrected chi connectivity index (χ0v) is 20.0. The highest BCUT2D eigenvalue weighted by molar-refractivity contribution is 5.99. The highest BCUT2D eigenvalue weighted by Crippen LogP contribution is 2.30. The van der Waals surface area contributed by atoms with E-state index >= 15 is 0 Å². The van der Waals surface area contributed by atoms with Crippen molar-refractivity contribution >= 4 is 27.6 Å². The fourth-order valence-electron chi connectivity index (χ4n) is 5.14. The summed E-state index contributed by atoms with van der Waals surface area (Å²) in [5, 5.41) is 6.43. The highest BCUT2D eigenvalue weighted by Gasteiger charge is 2.23. The lowest BCUT2D eigenvalue weighted by Crippen LogP contribution is -2.41. The van der Waals surface area contributed by atoms with Gasteiger partial charge in [-0.05, 0) is 71.8 Å². The molecule has 0 aliphatic heterocycles. The number of rotatable bonds is 6. The van der Waals surface area contributed by atoms with Gasteiger partial charge in [0.1, 0.15) is 11.4 Å². The Morgan fingerprint density at radius 2 is 1.80 bits per heavy atom. The van der Waals surface area contributed by atoms with Crippen LogP contribution >= 0.6 is 0 Å². The predicted octanol–water partition coefficient (Wildman–Crippen LogP) is 3.77. The van der Waals surface area contributed by atoms with Gasteiger partial charge in [-0.3, -0.25) is 4.79 Å². The van der Waals surface area contributed by atoms with E-state index in [4.69, 9.17) is 21.9 Å². The summed E-state index contributed by atoms with van der Waals surface area (Å²) in [5.41, 5.74) is 21.5. The number of fused-ring (bicyclic) bond motifs is 2. The van der Waals surface area contributed by atoms with Gasteiger partial charge in [-0.2, -0.15) is 0 Å². The molecule has 7 N–H and O–H groups in total. The van der Waals surface area contributed by atoms with Crippen LogP contribution in [0.5, 0.6) is 5.75 Å². The van der Waals surface area contributed by atoms with E-state index in [1.54, 1.807) is 7.11 Å². The van der Waals surface area contributed by atoms with E-state index in [-0.39, 0.29) is 18.0 Å². The van der Waals surface area contributed by atoms with Gasteiger partial charge in [0.25, 0.3) is 5.91 Å². The van der Waals surface area contributed by atoms with Crippen LogP contribution in [0.4, 0.5) is 0 Å². The number of ether oxygens (including phenoxy) is 1. The van der Waals surface area contributed by atoms with Gasteiger partial charge in [0, 0.05) is 29.5 Å². The topological polar surface area (TPSA) is 121 Å². The molecule has 182 valence electrons. The number of hydrogen-bond acceptors (Lipinski definition) is 5. The summed E-state index contributed by atoms with van der Waals surface area (Å²) < 4.78 is 7.64. The number of methoxy groups -OCH3 is 1. The van der Waals surface area contributed by atoms with Crippen LogP contribution in [0.3, 0.4) is 0 Å². The molecule has 1 heterocycles. The molecule has 3 aromatic carbocycles. The summed E-state index contributed by atoms with van der Waals surface area (Å²) in [6.45, 7) is 0.503. The van der Waals surface area contributed by atoms with Gasteiger partial charge >= 0.3 is 0 Å². The normalized spacial score (nSPS) is 18.3. The van der Waals surface area contributed by atoms with Crippen molar-refractivity contribution in [3.05, 3.63) is 77.5 Å². The van der Waals surface area contributed by atoms with Gasteiger partial charge in [-0.1, -0.05) is 36.4 Å². The van der Waals surface area contributed by atoms with Crippen molar-refractivity contribution in [2.75, 3.05) is 7.11 Å². The first-order chi connectivity index (χ1) is 16.9. The van der Waals surface area contributed by atoms with E-state index in [0.29, 0.717) is 12.2 Å². The van der Waals surface area contributed by atoms with Crippen LogP contribution in [-0.4, -0.2) is 29.7 Å². The molecule has 7 heteroatoms. The van der Waals surface area contributed by atoms with Crippen molar-refractivity contribution in [2.45, 2.75) is 50.5 Å². The lowest BCUT2D eigenvalue weighted by atomic mass is 9.92. The van der Waals surface area contributed by atoms with E-state index in [2.05, 4.69) is 22.0 Å². The van der Waals surface area contributed by atoms with E-state index in [1.807, 2.05) is 48.5 Å². The number of hydrogen-bond donors (Lipinski definition) is 4. The number of nitrogens with zero attached hydrogens (tertiary/aromatic N) is 1. The number of amides is 1. The summed E-state index contributed by atoms with van der Waals surface area (Å²) in [7, 11) is 1.67. The molecule has 0 spiro atoms. The third-order valence-corrected chi connectivity index (χ3v) is 7.14. The Morgan fingerprint density at radius 3 is 2.54 bits per heavy atom. The van der Waals surface area contributed by atoms with Crippen LogP contribution in [0.1, 0.15) is 53.5 Å². The molecule has 0 unspecified atom stereocenters. The van der Waals surface area contributed by atoms with E-state index in [1.165, 1.54) is 0 Å². The first-order valence-electron chi connectivity index (χ1n) is 12.2. The van der Waals surface area contributed by atoms with Gasteiger partial charge in [-0.25, -0.2) is 0 Å². The Morgan fingerprint density at radius 1 is 1.03 bits per heavy atom. The number of benzene rings is 3.